The molecular formula is C74H117N9O9. The summed E-state index contributed by atoms with van der Waals surface area (Å²) in [4.78, 5) is 84.6. The molecule has 18 nitrogen and oxygen atoms in total. The molecule has 4 fully saturated rings. The number of amides is 6. The van der Waals surface area contributed by atoms with Gasteiger partial charge in [-0.25, -0.2) is 0 Å². The van der Waals surface area contributed by atoms with Crippen molar-refractivity contribution in [3.8, 4) is 11.5 Å². The lowest BCUT2D eigenvalue weighted by Crippen LogP contribution is -2.54. The first-order chi connectivity index (χ1) is 43.4. The minimum absolute atomic E-state index is 0.00268. The summed E-state index contributed by atoms with van der Waals surface area (Å²) in [6.45, 7) is 46.8. The Kier molecular flexibility index (Phi) is 34.4. The number of rotatable bonds is 12. The lowest BCUT2D eigenvalue weighted by Gasteiger charge is -2.42. The minimum atomic E-state index is -0.00268. The van der Waals surface area contributed by atoms with E-state index in [1.165, 1.54) is 22.5 Å². The van der Waals surface area contributed by atoms with E-state index in [-0.39, 0.29) is 70.5 Å². The van der Waals surface area contributed by atoms with E-state index in [2.05, 4.69) is 116 Å². The van der Waals surface area contributed by atoms with Gasteiger partial charge in [0, 0.05) is 143 Å². The lowest BCUT2D eigenvalue weighted by molar-refractivity contribution is -0.138. The van der Waals surface area contributed by atoms with Crippen LogP contribution in [0.5, 0.6) is 11.5 Å². The maximum absolute atomic E-state index is 12.0. The molecule has 2 N–H and O–H groups in total. The number of carbonyl (C=O) groups is 6. The van der Waals surface area contributed by atoms with Gasteiger partial charge in [-0.3, -0.25) is 28.8 Å². The summed E-state index contributed by atoms with van der Waals surface area (Å²) in [6, 6.07) is 32.4. The summed E-state index contributed by atoms with van der Waals surface area (Å²) in [5, 5.41) is 5.68. The molecule has 1 atom stereocenters. The van der Waals surface area contributed by atoms with Crippen LogP contribution < -0.4 is 29.9 Å². The Balaban J connectivity index is 0.000000291. The number of nitrogens with zero attached hydrogens (tertiary/aromatic N) is 7. The third-order valence-corrected chi connectivity index (χ3v) is 16.1. The average Bonchev–Trinajstić information content (AvgIpc) is 0.984. The van der Waals surface area contributed by atoms with Crippen LogP contribution in [0.2, 0.25) is 0 Å². The van der Waals surface area contributed by atoms with Crippen molar-refractivity contribution < 1.29 is 43.0 Å². The summed E-state index contributed by atoms with van der Waals surface area (Å²) in [6.07, 6.45) is 1.11. The number of aryl methyl sites for hydroxylation is 1. The largest absolute Gasteiger partial charge is 0.497 e. The molecule has 8 rings (SSSR count). The van der Waals surface area contributed by atoms with Crippen molar-refractivity contribution in [3.05, 3.63) is 108 Å². The number of hydrogen-bond donors (Lipinski definition) is 2. The van der Waals surface area contributed by atoms with Crippen molar-refractivity contribution in [2.75, 3.05) is 140 Å². The molecule has 4 aromatic rings. The molecule has 1 unspecified atom stereocenters. The van der Waals surface area contributed by atoms with Crippen molar-refractivity contribution in [2.45, 2.75) is 136 Å². The highest BCUT2D eigenvalue weighted by Crippen LogP contribution is 2.26. The fourth-order valence-electron chi connectivity index (χ4n) is 10.1. The van der Waals surface area contributed by atoms with E-state index in [4.69, 9.17) is 14.2 Å². The van der Waals surface area contributed by atoms with Crippen LogP contribution >= 0.6 is 0 Å². The van der Waals surface area contributed by atoms with Gasteiger partial charge in [0.2, 0.25) is 35.4 Å². The summed E-state index contributed by atoms with van der Waals surface area (Å²) >= 11 is 0. The van der Waals surface area contributed by atoms with Gasteiger partial charge in [0.1, 0.15) is 11.5 Å². The monoisotopic (exact) mass is 1280 g/mol. The quantitative estimate of drug-likeness (QED) is 0.137. The number of anilines is 4. The molecule has 0 spiro atoms. The van der Waals surface area contributed by atoms with Crippen LogP contribution in [0.3, 0.4) is 0 Å². The number of nitrogens with one attached hydrogen (secondary N) is 2. The second-order valence-electron chi connectivity index (χ2n) is 27.1. The van der Waals surface area contributed by atoms with Crippen molar-refractivity contribution >= 4 is 58.2 Å². The van der Waals surface area contributed by atoms with Crippen LogP contribution in [0.4, 0.5) is 22.7 Å². The van der Waals surface area contributed by atoms with Crippen LogP contribution in [-0.4, -0.2) is 186 Å². The van der Waals surface area contributed by atoms with Gasteiger partial charge in [-0.15, -0.1) is 0 Å². The van der Waals surface area contributed by atoms with Gasteiger partial charge < -0.3 is 59.1 Å². The highest BCUT2D eigenvalue weighted by atomic mass is 16.5. The summed E-state index contributed by atoms with van der Waals surface area (Å²) in [5.74, 6) is 3.28. The topological polar surface area (TPSA) is 177 Å². The normalized spacial score (nSPS) is 16.1. The second kappa shape index (κ2) is 40.0. The van der Waals surface area contributed by atoms with E-state index in [1.807, 2.05) is 151 Å². The van der Waals surface area contributed by atoms with Crippen LogP contribution in [0.25, 0.3) is 0 Å². The van der Waals surface area contributed by atoms with Crippen molar-refractivity contribution in [1.82, 2.24) is 24.5 Å². The van der Waals surface area contributed by atoms with Crippen LogP contribution in [0, 0.1) is 42.4 Å². The van der Waals surface area contributed by atoms with Crippen LogP contribution in [0.1, 0.15) is 128 Å². The first-order valence-electron chi connectivity index (χ1n) is 33.4. The Labute approximate surface area is 554 Å². The predicted octanol–water partition coefficient (Wildman–Crippen LogP) is 11.9. The van der Waals surface area contributed by atoms with Crippen molar-refractivity contribution in [3.63, 3.8) is 0 Å². The average molecular weight is 1280 g/mol. The molecule has 4 aromatic carbocycles. The zero-order chi connectivity index (χ0) is 68.8. The minimum Gasteiger partial charge on any atom is -0.497 e. The van der Waals surface area contributed by atoms with Gasteiger partial charge in [-0.2, -0.15) is 0 Å². The SMILES string of the molecule is CC(C)C(=O)N1CCCN(C)CC1.CC(C)C(=O)N1CCOCC1.CC(C)C(=O)Nc1ccc(C(C)(C)C)cc1.COc1ccc(N2CCN(C(=O)C(C)C)CC2)cc1.COc1ccc(NC(=O)C(C)C)cc1.Cc1cccc(N2CCN(C(=O)C(C)C)CC2C)c1. The summed E-state index contributed by atoms with van der Waals surface area (Å²) in [7, 11) is 5.40. The highest BCUT2D eigenvalue weighted by Gasteiger charge is 2.29. The fraction of sp³-hybridized carbons (Fsp3) is 0.595. The molecule has 92 heavy (non-hydrogen) atoms. The molecule has 6 amide bonds. The van der Waals surface area contributed by atoms with E-state index in [1.54, 1.807) is 14.2 Å². The lowest BCUT2D eigenvalue weighted by atomic mass is 9.87. The third kappa shape index (κ3) is 28.0. The molecule has 18 heteroatoms. The first kappa shape index (κ1) is 79.1. The smallest absolute Gasteiger partial charge is 0.226 e. The summed E-state index contributed by atoms with van der Waals surface area (Å²) < 4.78 is 15.3. The van der Waals surface area contributed by atoms with Gasteiger partial charge in [-0.05, 0) is 123 Å². The Morgan fingerprint density at radius 3 is 1.32 bits per heavy atom. The van der Waals surface area contributed by atoms with Crippen molar-refractivity contribution in [2.24, 2.45) is 35.5 Å². The number of hydrogen-bond acceptors (Lipinski definition) is 12. The number of benzene rings is 4. The van der Waals surface area contributed by atoms with E-state index in [9.17, 15) is 28.8 Å². The number of morpholine rings is 1. The second-order valence-corrected chi connectivity index (χ2v) is 27.1. The first-order valence-corrected chi connectivity index (χ1v) is 33.4. The maximum Gasteiger partial charge on any atom is 0.226 e. The van der Waals surface area contributed by atoms with Gasteiger partial charge in [0.05, 0.1) is 27.4 Å². The van der Waals surface area contributed by atoms with Crippen molar-refractivity contribution in [1.29, 1.82) is 0 Å². The molecule has 4 aliphatic rings. The Morgan fingerprint density at radius 1 is 0.478 bits per heavy atom. The van der Waals surface area contributed by atoms with Gasteiger partial charge >= 0.3 is 0 Å². The fourth-order valence-corrected chi connectivity index (χ4v) is 10.1. The molecular weight excluding hydrogens is 1160 g/mol. The number of methoxy groups -OCH3 is 2. The van der Waals surface area contributed by atoms with E-state index >= 15 is 0 Å². The molecule has 0 aliphatic carbocycles. The molecule has 0 bridgehead atoms. The summed E-state index contributed by atoms with van der Waals surface area (Å²) in [5.41, 5.74) is 6.83. The molecule has 0 radical (unpaired) electrons. The molecule has 512 valence electrons. The molecule has 0 saturated carbocycles. The highest BCUT2D eigenvalue weighted by molar-refractivity contribution is 5.92. The number of piperazine rings is 2. The molecule has 4 heterocycles. The molecule has 4 aliphatic heterocycles. The third-order valence-electron chi connectivity index (χ3n) is 16.1. The van der Waals surface area contributed by atoms with Gasteiger partial charge in [0.25, 0.3) is 0 Å². The van der Waals surface area contributed by atoms with Crippen LogP contribution in [-0.2, 0) is 38.9 Å². The molecule has 0 aromatic heterocycles. The zero-order valence-corrected chi connectivity index (χ0v) is 59.9. The van der Waals surface area contributed by atoms with Gasteiger partial charge in [0.15, 0.2) is 0 Å². The maximum atomic E-state index is 12.0. The number of carbonyl (C=O) groups excluding carboxylic acids is 6. The van der Waals surface area contributed by atoms with Crippen LogP contribution in [0.15, 0.2) is 97.1 Å². The number of likely N-dealkylation sites (N-methyl/N-ethyl adjacent to an activating group) is 1. The van der Waals surface area contributed by atoms with E-state index < -0.39 is 0 Å². The molecule has 4 saturated heterocycles. The van der Waals surface area contributed by atoms with E-state index in [0.717, 1.165) is 114 Å². The number of ether oxygens (including phenoxy) is 3. The van der Waals surface area contributed by atoms with Gasteiger partial charge in [-0.1, -0.05) is 128 Å². The van der Waals surface area contributed by atoms with E-state index in [0.29, 0.717) is 25.2 Å². The Bertz CT molecular complexity index is 2820. The standard InChI is InChI=1S/C16H24N2O.C15H22N2O2.C14H21NO.C11H15NO2.C10H20N2O.C8H15NO2/c1-12(2)16(19)17-8-9-18(14(4)11-17)15-7-5-6-13(3)10-15;1-12(2)15(18)17-10-8-16(9-11-17)13-4-6-14(19-3)7-5-13;1-10(2)13(16)15-12-8-6-11(7-9-12)14(3,4)5;1-8(2)11(13)12-9-4-6-10(14-3)7-5-9;1-9(2)10(13)12-6-4-5-11(3)7-8-12;1-7(2)8(10)9-3-5-11-6-4-9/h5-7,10,12,14H,8-9,11H2,1-4H3;4-7,12H,8-11H2,1-3H3;6-10H,1-5H3,(H,15,16);4-8H,1-3H3,(H,12,13);9H,4-8H2,1-3H3;7H,3-6H2,1-2H3. The Hall–Kier alpha value is -7.18. The Morgan fingerprint density at radius 2 is 0.891 bits per heavy atom. The zero-order valence-electron chi connectivity index (χ0n) is 59.9. The predicted molar refractivity (Wildman–Crippen MR) is 377 cm³/mol.